The quantitative estimate of drug-likeness (QED) is 0.656. The van der Waals surface area contributed by atoms with E-state index in [0.29, 0.717) is 11.8 Å². The molecule has 0 rings (SSSR count). The molecule has 0 aliphatic rings. The Morgan fingerprint density at radius 3 is 0.933 bits per heavy atom. The van der Waals surface area contributed by atoms with Gasteiger partial charge in [0.05, 0.1) is 12.2 Å². The molecular weight excluding hydrogens is 192 g/mol. The molecule has 0 saturated carbocycles. The maximum absolute atomic E-state index is 5.53. The lowest BCUT2D eigenvalue weighted by Crippen LogP contribution is -2.46. The predicted octanol–water partition coefficient (Wildman–Crippen LogP) is 2.34. The van der Waals surface area contributed by atoms with Gasteiger partial charge in [0, 0.05) is 21.3 Å². The summed E-state index contributed by atoms with van der Waals surface area (Å²) in [6.07, 6.45) is 0.129. The summed E-state index contributed by atoms with van der Waals surface area (Å²) in [7, 11) is 5.17. The third kappa shape index (κ3) is 4.09. The molecule has 3 heteroatoms. The van der Waals surface area contributed by atoms with E-state index in [0.717, 1.165) is 0 Å². The molecule has 0 aliphatic heterocycles. The molecule has 0 aromatic rings. The molecule has 0 heterocycles. The van der Waals surface area contributed by atoms with E-state index in [1.54, 1.807) is 21.3 Å². The topological polar surface area (TPSA) is 27.7 Å². The van der Waals surface area contributed by atoms with Crippen molar-refractivity contribution in [2.24, 2.45) is 11.8 Å². The Bertz CT molecular complexity index is 141. The van der Waals surface area contributed by atoms with Crippen LogP contribution in [-0.4, -0.2) is 39.6 Å². The van der Waals surface area contributed by atoms with E-state index in [-0.39, 0.29) is 18.3 Å². The van der Waals surface area contributed by atoms with E-state index in [2.05, 4.69) is 27.7 Å². The molecule has 0 radical (unpaired) electrons. The molecule has 0 fully saturated rings. The van der Waals surface area contributed by atoms with E-state index in [1.165, 1.54) is 0 Å². The molecule has 3 atom stereocenters. The van der Waals surface area contributed by atoms with Crippen molar-refractivity contribution in [1.29, 1.82) is 0 Å². The molecule has 0 unspecified atom stereocenters. The fourth-order valence-corrected chi connectivity index (χ4v) is 2.03. The Morgan fingerprint density at radius 2 is 0.800 bits per heavy atom. The van der Waals surface area contributed by atoms with Crippen molar-refractivity contribution in [3.63, 3.8) is 0 Å². The zero-order valence-corrected chi connectivity index (χ0v) is 11.1. The van der Waals surface area contributed by atoms with Gasteiger partial charge in [-0.05, 0) is 11.8 Å². The lowest BCUT2D eigenvalue weighted by Gasteiger charge is -2.35. The molecule has 0 amide bonds. The predicted molar refractivity (Wildman–Crippen MR) is 62.1 cm³/mol. The average Bonchev–Trinajstić information content (AvgIpc) is 2.16. The molecular formula is C12H26O3. The Kier molecular flexibility index (Phi) is 7.14. The van der Waals surface area contributed by atoms with Crippen molar-refractivity contribution >= 4 is 0 Å². The van der Waals surface area contributed by atoms with Crippen LogP contribution in [0.15, 0.2) is 0 Å². The van der Waals surface area contributed by atoms with Gasteiger partial charge in [-0.15, -0.1) is 0 Å². The second-order valence-electron chi connectivity index (χ2n) is 4.59. The second-order valence-corrected chi connectivity index (χ2v) is 4.59. The van der Waals surface area contributed by atoms with Gasteiger partial charge in [-0.2, -0.15) is 0 Å². The third-order valence-electron chi connectivity index (χ3n) is 2.78. The van der Waals surface area contributed by atoms with Crippen LogP contribution in [0.3, 0.4) is 0 Å². The van der Waals surface area contributed by atoms with Gasteiger partial charge in [0.15, 0.2) is 0 Å². The van der Waals surface area contributed by atoms with E-state index in [1.807, 2.05) is 0 Å². The summed E-state index contributed by atoms with van der Waals surface area (Å²) >= 11 is 0. The zero-order chi connectivity index (χ0) is 12.0. The fourth-order valence-electron chi connectivity index (χ4n) is 2.03. The first-order valence-electron chi connectivity index (χ1n) is 5.57. The van der Waals surface area contributed by atoms with Crippen LogP contribution in [0.25, 0.3) is 0 Å². The monoisotopic (exact) mass is 218 g/mol. The highest BCUT2D eigenvalue weighted by atomic mass is 16.6. The van der Waals surface area contributed by atoms with Crippen molar-refractivity contribution < 1.29 is 14.2 Å². The van der Waals surface area contributed by atoms with Crippen molar-refractivity contribution in [1.82, 2.24) is 0 Å². The molecule has 0 N–H and O–H groups in total. The first kappa shape index (κ1) is 14.9. The van der Waals surface area contributed by atoms with Gasteiger partial charge in [0.1, 0.15) is 6.10 Å². The standard InChI is InChI=1S/C12H26O3/c1-8(2)10(13-5)12(15-7)11(14-6)9(3)4/h8-12H,1-7H3/t10-,11+,12+. The first-order chi connectivity index (χ1) is 6.99. The summed E-state index contributed by atoms with van der Waals surface area (Å²) in [5.41, 5.74) is 0. The number of ether oxygens (including phenoxy) is 3. The van der Waals surface area contributed by atoms with E-state index >= 15 is 0 Å². The van der Waals surface area contributed by atoms with E-state index in [9.17, 15) is 0 Å². The maximum Gasteiger partial charge on any atom is 0.110 e. The lowest BCUT2D eigenvalue weighted by molar-refractivity contribution is -0.132. The number of hydrogen-bond donors (Lipinski definition) is 0. The Morgan fingerprint density at radius 1 is 0.533 bits per heavy atom. The minimum atomic E-state index is -0.0139. The fraction of sp³-hybridized carbons (Fsp3) is 1.00. The molecule has 0 spiro atoms. The van der Waals surface area contributed by atoms with Gasteiger partial charge in [-0.25, -0.2) is 0 Å². The highest BCUT2D eigenvalue weighted by Crippen LogP contribution is 2.22. The van der Waals surface area contributed by atoms with E-state index in [4.69, 9.17) is 14.2 Å². The number of hydrogen-bond acceptors (Lipinski definition) is 3. The average molecular weight is 218 g/mol. The number of rotatable bonds is 7. The van der Waals surface area contributed by atoms with Crippen molar-refractivity contribution in [2.45, 2.75) is 46.0 Å². The molecule has 0 saturated heterocycles. The molecule has 92 valence electrons. The first-order valence-corrected chi connectivity index (χ1v) is 5.57. The minimum absolute atomic E-state index is 0.0139. The number of methoxy groups -OCH3 is 3. The van der Waals surface area contributed by atoms with Crippen molar-refractivity contribution in [2.75, 3.05) is 21.3 Å². The van der Waals surface area contributed by atoms with Gasteiger partial charge in [-0.3, -0.25) is 0 Å². The third-order valence-corrected chi connectivity index (χ3v) is 2.78. The summed E-state index contributed by atoms with van der Waals surface area (Å²) in [5.74, 6) is 0.827. The van der Waals surface area contributed by atoms with Gasteiger partial charge in [-0.1, -0.05) is 27.7 Å². The van der Waals surface area contributed by atoms with Crippen LogP contribution >= 0.6 is 0 Å². The normalized spacial score (nSPS) is 18.2. The maximum atomic E-state index is 5.53. The molecule has 0 bridgehead atoms. The van der Waals surface area contributed by atoms with Gasteiger partial charge >= 0.3 is 0 Å². The van der Waals surface area contributed by atoms with Gasteiger partial charge in [0.2, 0.25) is 0 Å². The Hall–Kier alpha value is -0.120. The van der Waals surface area contributed by atoms with Crippen LogP contribution in [0.5, 0.6) is 0 Å². The largest absolute Gasteiger partial charge is 0.378 e. The summed E-state index contributed by atoms with van der Waals surface area (Å²) in [6.45, 7) is 8.53. The second kappa shape index (κ2) is 7.20. The summed E-state index contributed by atoms with van der Waals surface area (Å²) in [4.78, 5) is 0. The molecule has 0 aromatic carbocycles. The smallest absolute Gasteiger partial charge is 0.110 e. The molecule has 0 aromatic heterocycles. The van der Waals surface area contributed by atoms with Gasteiger partial charge in [0.25, 0.3) is 0 Å². The summed E-state index contributed by atoms with van der Waals surface area (Å²) in [6, 6.07) is 0. The zero-order valence-electron chi connectivity index (χ0n) is 11.1. The molecule has 15 heavy (non-hydrogen) atoms. The van der Waals surface area contributed by atoms with Crippen molar-refractivity contribution in [3.8, 4) is 0 Å². The molecule has 0 aliphatic carbocycles. The van der Waals surface area contributed by atoms with Crippen LogP contribution in [0.1, 0.15) is 27.7 Å². The van der Waals surface area contributed by atoms with Gasteiger partial charge < -0.3 is 14.2 Å². The summed E-state index contributed by atoms with van der Waals surface area (Å²) in [5, 5.41) is 0. The van der Waals surface area contributed by atoms with Crippen molar-refractivity contribution in [3.05, 3.63) is 0 Å². The van der Waals surface area contributed by atoms with Crippen LogP contribution in [0.4, 0.5) is 0 Å². The van der Waals surface area contributed by atoms with Crippen LogP contribution in [0.2, 0.25) is 0 Å². The Labute approximate surface area is 94.1 Å². The molecule has 3 nitrogen and oxygen atoms in total. The van der Waals surface area contributed by atoms with Crippen LogP contribution in [0, 0.1) is 11.8 Å². The van der Waals surface area contributed by atoms with E-state index < -0.39 is 0 Å². The van der Waals surface area contributed by atoms with Crippen LogP contribution < -0.4 is 0 Å². The summed E-state index contributed by atoms with van der Waals surface area (Å²) < 4.78 is 16.5. The lowest BCUT2D eigenvalue weighted by atomic mass is 9.92. The van der Waals surface area contributed by atoms with Crippen LogP contribution in [-0.2, 0) is 14.2 Å². The SMILES string of the molecule is CO[C@@H]([C@H](OC)C(C)C)[C@@H](OC)C(C)C. The minimum Gasteiger partial charge on any atom is -0.378 e. The highest BCUT2D eigenvalue weighted by Gasteiger charge is 2.33. The highest BCUT2D eigenvalue weighted by molar-refractivity contribution is 4.83. The Balaban J connectivity index is 4.68.